The van der Waals surface area contributed by atoms with Crippen LogP contribution in [0.1, 0.15) is 48.3 Å². The number of fused-ring (bicyclic) bond motifs is 1. The molecule has 37 heavy (non-hydrogen) atoms. The van der Waals surface area contributed by atoms with Crippen LogP contribution in [0.2, 0.25) is 0 Å². The quantitative estimate of drug-likeness (QED) is 0.202. The number of amides is 1. The van der Waals surface area contributed by atoms with Crippen molar-refractivity contribution in [3.05, 3.63) is 78.1 Å². The van der Waals surface area contributed by atoms with Crippen LogP contribution in [0.25, 0.3) is 11.4 Å². The second-order valence-corrected chi connectivity index (χ2v) is 9.69. The topological polar surface area (TPSA) is 91.2 Å². The van der Waals surface area contributed by atoms with E-state index in [1.165, 1.54) is 24.2 Å². The van der Waals surface area contributed by atoms with Crippen molar-refractivity contribution < 1.29 is 14.3 Å². The molecular formula is C28H29N5O3S. The molecule has 2 aromatic carbocycles. The molecule has 0 atom stereocenters. The van der Waals surface area contributed by atoms with E-state index in [2.05, 4.69) is 31.6 Å². The summed E-state index contributed by atoms with van der Waals surface area (Å²) in [6.45, 7) is 5.13. The molecule has 0 unspecified atom stereocenters. The molecule has 1 amide bonds. The highest BCUT2D eigenvalue weighted by atomic mass is 32.1. The molecule has 0 fully saturated rings. The van der Waals surface area contributed by atoms with Crippen LogP contribution in [-0.2, 0) is 13.0 Å². The average molecular weight is 516 g/mol. The van der Waals surface area contributed by atoms with E-state index in [1.807, 2.05) is 24.3 Å². The Bertz CT molecular complexity index is 1350. The summed E-state index contributed by atoms with van der Waals surface area (Å²) in [7, 11) is 0. The van der Waals surface area contributed by atoms with Crippen LogP contribution in [0.4, 0.5) is 5.13 Å². The fraction of sp³-hybridized carbons (Fsp3) is 0.286. The van der Waals surface area contributed by atoms with Gasteiger partial charge < -0.3 is 14.0 Å². The Labute approximate surface area is 220 Å². The number of anilines is 1. The lowest BCUT2D eigenvalue weighted by molar-refractivity contribution is 0.102. The number of hydrogen-bond donors (Lipinski definition) is 1. The van der Waals surface area contributed by atoms with Crippen LogP contribution < -0.4 is 14.8 Å². The lowest BCUT2D eigenvalue weighted by atomic mass is 10.1. The first-order valence-corrected chi connectivity index (χ1v) is 13.4. The van der Waals surface area contributed by atoms with Gasteiger partial charge in [-0.25, -0.2) is 4.98 Å². The van der Waals surface area contributed by atoms with Crippen molar-refractivity contribution in [2.24, 2.45) is 0 Å². The number of carbonyl (C=O) groups is 1. The van der Waals surface area contributed by atoms with Gasteiger partial charge in [0.15, 0.2) is 11.0 Å². The molecule has 0 saturated heterocycles. The molecule has 1 aliphatic heterocycles. The van der Waals surface area contributed by atoms with E-state index in [-0.39, 0.29) is 5.91 Å². The summed E-state index contributed by atoms with van der Waals surface area (Å²) in [5, 5.41) is 14.1. The summed E-state index contributed by atoms with van der Waals surface area (Å²) in [5.41, 5.74) is 1.41. The summed E-state index contributed by atoms with van der Waals surface area (Å²) in [4.78, 5) is 17.0. The lowest BCUT2D eigenvalue weighted by Crippen LogP contribution is -2.12. The highest BCUT2D eigenvalue weighted by Gasteiger charge is 2.16. The first kappa shape index (κ1) is 24.7. The zero-order valence-corrected chi connectivity index (χ0v) is 21.4. The Balaban J connectivity index is 1.35. The largest absolute Gasteiger partial charge is 0.493 e. The van der Waals surface area contributed by atoms with E-state index in [0.29, 0.717) is 41.0 Å². The first-order valence-electron chi connectivity index (χ1n) is 12.5. The number of aromatic nitrogens is 4. The average Bonchev–Trinajstić information content (AvgIpc) is 3.54. The predicted molar refractivity (Wildman–Crippen MR) is 145 cm³/mol. The zero-order chi connectivity index (χ0) is 25.5. The highest BCUT2D eigenvalue weighted by molar-refractivity contribution is 7.13. The minimum absolute atomic E-state index is 0.285. The SMILES string of the molecule is C=CCCOc1cc(Oc2ccc(-c3nnc4n3CCCCCC4)cc2)cc(C(=O)Nc2nccs2)c1. The maximum atomic E-state index is 12.9. The second kappa shape index (κ2) is 11.8. The van der Waals surface area contributed by atoms with Crippen molar-refractivity contribution in [1.82, 2.24) is 19.7 Å². The summed E-state index contributed by atoms with van der Waals surface area (Å²) in [6.07, 6.45) is 9.89. The molecule has 2 aromatic heterocycles. The van der Waals surface area contributed by atoms with Crippen molar-refractivity contribution in [3.63, 3.8) is 0 Å². The van der Waals surface area contributed by atoms with Gasteiger partial charge in [0, 0.05) is 41.7 Å². The van der Waals surface area contributed by atoms with E-state index in [0.717, 1.165) is 43.0 Å². The molecule has 4 aromatic rings. The fourth-order valence-corrected chi connectivity index (χ4v) is 4.77. The van der Waals surface area contributed by atoms with Crippen LogP contribution in [0.5, 0.6) is 17.2 Å². The Hall–Kier alpha value is -3.98. The molecule has 0 aliphatic carbocycles. The van der Waals surface area contributed by atoms with Gasteiger partial charge in [-0.15, -0.1) is 28.1 Å². The minimum Gasteiger partial charge on any atom is -0.493 e. The number of benzene rings is 2. The monoisotopic (exact) mass is 515 g/mol. The number of nitrogens with zero attached hydrogens (tertiary/aromatic N) is 4. The summed E-state index contributed by atoms with van der Waals surface area (Å²) in [6, 6.07) is 13.0. The fourth-order valence-electron chi connectivity index (χ4n) is 4.24. The van der Waals surface area contributed by atoms with Crippen molar-refractivity contribution >= 4 is 22.4 Å². The van der Waals surface area contributed by atoms with E-state index in [4.69, 9.17) is 9.47 Å². The number of rotatable bonds is 9. The van der Waals surface area contributed by atoms with E-state index >= 15 is 0 Å². The van der Waals surface area contributed by atoms with Gasteiger partial charge in [-0.3, -0.25) is 10.1 Å². The van der Waals surface area contributed by atoms with Crippen LogP contribution >= 0.6 is 11.3 Å². The van der Waals surface area contributed by atoms with Gasteiger partial charge in [0.25, 0.3) is 5.91 Å². The molecule has 0 saturated carbocycles. The molecule has 1 aliphatic rings. The van der Waals surface area contributed by atoms with Crippen LogP contribution in [0.15, 0.2) is 66.7 Å². The Morgan fingerprint density at radius 1 is 1.05 bits per heavy atom. The van der Waals surface area contributed by atoms with Gasteiger partial charge in [-0.1, -0.05) is 18.9 Å². The minimum atomic E-state index is -0.285. The number of nitrogens with one attached hydrogen (secondary N) is 1. The standard InChI is InChI=1S/C28H29N5O3S/c1-2-3-15-35-23-17-21(27(34)30-28-29-13-16-37-28)18-24(19-23)36-22-11-9-20(10-12-22)26-32-31-25-8-6-4-5-7-14-33(25)26/h2,9-13,16-19H,1,3-8,14-15H2,(H,29,30,34). The molecule has 0 radical (unpaired) electrons. The molecular weight excluding hydrogens is 486 g/mol. The van der Waals surface area contributed by atoms with Gasteiger partial charge in [0.1, 0.15) is 23.1 Å². The van der Waals surface area contributed by atoms with Crippen LogP contribution in [-0.4, -0.2) is 32.3 Å². The zero-order valence-electron chi connectivity index (χ0n) is 20.6. The maximum absolute atomic E-state index is 12.9. The Morgan fingerprint density at radius 2 is 1.89 bits per heavy atom. The van der Waals surface area contributed by atoms with Gasteiger partial charge in [-0.05, 0) is 55.7 Å². The lowest BCUT2D eigenvalue weighted by Gasteiger charge is -2.14. The van der Waals surface area contributed by atoms with Crippen molar-refractivity contribution in [2.45, 2.75) is 45.1 Å². The molecule has 190 valence electrons. The molecule has 8 nitrogen and oxygen atoms in total. The summed E-state index contributed by atoms with van der Waals surface area (Å²) in [5.74, 6) is 3.36. The van der Waals surface area contributed by atoms with Crippen molar-refractivity contribution in [3.8, 4) is 28.6 Å². The van der Waals surface area contributed by atoms with Gasteiger partial charge in [-0.2, -0.15) is 0 Å². The molecule has 5 rings (SSSR count). The van der Waals surface area contributed by atoms with Crippen molar-refractivity contribution in [2.75, 3.05) is 11.9 Å². The number of thiazole rings is 1. The highest BCUT2D eigenvalue weighted by Crippen LogP contribution is 2.30. The third-order valence-electron chi connectivity index (χ3n) is 6.09. The third kappa shape index (κ3) is 6.24. The number of ether oxygens (including phenoxy) is 2. The molecule has 0 spiro atoms. The predicted octanol–water partition coefficient (Wildman–Crippen LogP) is 6.52. The number of carbonyl (C=O) groups excluding carboxylic acids is 1. The molecule has 1 N–H and O–H groups in total. The summed E-state index contributed by atoms with van der Waals surface area (Å²) < 4.78 is 14.2. The van der Waals surface area contributed by atoms with Crippen molar-refractivity contribution in [1.29, 1.82) is 0 Å². The molecule has 9 heteroatoms. The first-order chi connectivity index (χ1) is 18.2. The molecule has 3 heterocycles. The van der Waals surface area contributed by atoms with Crippen LogP contribution in [0, 0.1) is 0 Å². The maximum Gasteiger partial charge on any atom is 0.257 e. The van der Waals surface area contributed by atoms with Crippen LogP contribution in [0.3, 0.4) is 0 Å². The van der Waals surface area contributed by atoms with Gasteiger partial charge in [0.2, 0.25) is 0 Å². The molecule has 0 bridgehead atoms. The summed E-state index contributed by atoms with van der Waals surface area (Å²) >= 11 is 1.36. The smallest absolute Gasteiger partial charge is 0.257 e. The van der Waals surface area contributed by atoms with E-state index in [9.17, 15) is 4.79 Å². The van der Waals surface area contributed by atoms with Gasteiger partial charge in [0.05, 0.1) is 6.61 Å². The van der Waals surface area contributed by atoms with E-state index < -0.39 is 0 Å². The third-order valence-corrected chi connectivity index (χ3v) is 6.78. The second-order valence-electron chi connectivity index (χ2n) is 8.79. The van der Waals surface area contributed by atoms with Gasteiger partial charge >= 0.3 is 0 Å². The number of hydrogen-bond acceptors (Lipinski definition) is 7. The Morgan fingerprint density at radius 3 is 2.70 bits per heavy atom. The Kier molecular flexibility index (Phi) is 7.90. The van der Waals surface area contributed by atoms with E-state index in [1.54, 1.807) is 35.9 Å². The normalized spacial score (nSPS) is 13.2. The number of aryl methyl sites for hydroxylation is 1.